The van der Waals surface area contributed by atoms with Crippen molar-refractivity contribution < 1.29 is 18.9 Å². The van der Waals surface area contributed by atoms with Crippen molar-refractivity contribution in [1.29, 1.82) is 0 Å². The first-order valence-electron chi connectivity index (χ1n) is 8.80. The smallest absolute Gasteiger partial charge is 0.306 e. The number of hydrogen-bond donors (Lipinski definition) is 2. The summed E-state index contributed by atoms with van der Waals surface area (Å²) in [6, 6.07) is 9.25. The molecule has 0 saturated carbocycles. The Morgan fingerprint density at radius 2 is 1.86 bits per heavy atom. The second-order valence-corrected chi connectivity index (χ2v) is 6.88. The standard InChI is InChI=1S/C20H22FN3O4/c1-12(2)10-17(23-19(25)15-7-5-4-6-13(15)3)20(26)22-14-8-9-16(21)18(11-14)24(27)28/h4-9,11-12,17H,10H2,1-3H3,(H,22,26)(H,23,25)/t17-/m1/s1. The van der Waals surface area contributed by atoms with Crippen LogP contribution in [0.3, 0.4) is 0 Å². The molecule has 0 bridgehead atoms. The second-order valence-electron chi connectivity index (χ2n) is 6.88. The molecule has 148 valence electrons. The molecule has 0 spiro atoms. The van der Waals surface area contributed by atoms with Gasteiger partial charge in [0.2, 0.25) is 11.7 Å². The molecule has 0 unspecified atom stereocenters. The lowest BCUT2D eigenvalue weighted by Crippen LogP contribution is -2.44. The van der Waals surface area contributed by atoms with Crippen LogP contribution in [0.1, 0.15) is 36.2 Å². The first kappa shape index (κ1) is 21.0. The predicted octanol–water partition coefficient (Wildman–Crippen LogP) is 3.83. The quantitative estimate of drug-likeness (QED) is 0.557. The van der Waals surface area contributed by atoms with E-state index in [1.165, 1.54) is 6.07 Å². The van der Waals surface area contributed by atoms with Gasteiger partial charge in [0.05, 0.1) is 4.92 Å². The Morgan fingerprint density at radius 3 is 2.46 bits per heavy atom. The lowest BCUT2D eigenvalue weighted by Gasteiger charge is -2.20. The molecule has 0 aromatic heterocycles. The van der Waals surface area contributed by atoms with Crippen LogP contribution in [-0.4, -0.2) is 22.8 Å². The zero-order valence-corrected chi connectivity index (χ0v) is 15.9. The largest absolute Gasteiger partial charge is 0.340 e. The number of carbonyl (C=O) groups excluding carboxylic acids is 2. The average molecular weight is 387 g/mol. The van der Waals surface area contributed by atoms with Crippen molar-refractivity contribution in [2.45, 2.75) is 33.2 Å². The van der Waals surface area contributed by atoms with Gasteiger partial charge in [-0.05, 0) is 43.0 Å². The van der Waals surface area contributed by atoms with E-state index in [4.69, 9.17) is 0 Å². The van der Waals surface area contributed by atoms with Gasteiger partial charge in [0, 0.05) is 17.3 Å². The average Bonchev–Trinajstić information content (AvgIpc) is 2.62. The van der Waals surface area contributed by atoms with Crippen LogP contribution in [-0.2, 0) is 4.79 Å². The summed E-state index contributed by atoms with van der Waals surface area (Å²) >= 11 is 0. The Labute approximate surface area is 162 Å². The van der Waals surface area contributed by atoms with Crippen molar-refractivity contribution in [2.24, 2.45) is 5.92 Å². The van der Waals surface area contributed by atoms with E-state index in [2.05, 4.69) is 10.6 Å². The normalized spacial score (nSPS) is 11.8. The van der Waals surface area contributed by atoms with Gasteiger partial charge in [0.1, 0.15) is 6.04 Å². The zero-order valence-electron chi connectivity index (χ0n) is 15.9. The molecule has 8 heteroatoms. The van der Waals surface area contributed by atoms with Crippen molar-refractivity contribution in [3.63, 3.8) is 0 Å². The maximum Gasteiger partial charge on any atom is 0.306 e. The number of nitrogens with zero attached hydrogens (tertiary/aromatic N) is 1. The zero-order chi connectivity index (χ0) is 20.8. The molecular weight excluding hydrogens is 365 g/mol. The third kappa shape index (κ3) is 5.35. The molecule has 28 heavy (non-hydrogen) atoms. The molecule has 2 aromatic rings. The van der Waals surface area contributed by atoms with Crippen molar-refractivity contribution in [2.75, 3.05) is 5.32 Å². The van der Waals surface area contributed by atoms with E-state index in [0.717, 1.165) is 17.7 Å². The summed E-state index contributed by atoms with van der Waals surface area (Å²) in [7, 11) is 0. The van der Waals surface area contributed by atoms with E-state index < -0.39 is 28.4 Å². The summed E-state index contributed by atoms with van der Waals surface area (Å²) in [6.07, 6.45) is 0.368. The lowest BCUT2D eigenvalue weighted by atomic mass is 10.0. The minimum Gasteiger partial charge on any atom is -0.340 e. The van der Waals surface area contributed by atoms with E-state index in [0.29, 0.717) is 12.0 Å². The van der Waals surface area contributed by atoms with Crippen molar-refractivity contribution >= 4 is 23.2 Å². The Balaban J connectivity index is 2.19. The number of nitro groups is 1. The number of halogens is 1. The Hall–Kier alpha value is -3.29. The predicted molar refractivity (Wildman–Crippen MR) is 104 cm³/mol. The molecule has 0 aliphatic rings. The fraction of sp³-hybridized carbons (Fsp3) is 0.300. The van der Waals surface area contributed by atoms with Crippen molar-refractivity contribution in [1.82, 2.24) is 5.32 Å². The SMILES string of the molecule is Cc1ccccc1C(=O)N[C@H](CC(C)C)C(=O)Nc1ccc(F)c([N+](=O)[O-])c1. The monoisotopic (exact) mass is 387 g/mol. The van der Waals surface area contributed by atoms with E-state index in [1.54, 1.807) is 25.1 Å². The molecular formula is C20H22FN3O4. The topological polar surface area (TPSA) is 101 Å². The summed E-state index contributed by atoms with van der Waals surface area (Å²) in [5, 5.41) is 16.1. The summed E-state index contributed by atoms with van der Waals surface area (Å²) < 4.78 is 13.5. The number of rotatable bonds is 7. The van der Waals surface area contributed by atoms with E-state index >= 15 is 0 Å². The molecule has 7 nitrogen and oxygen atoms in total. The van der Waals surface area contributed by atoms with E-state index in [-0.39, 0.29) is 17.5 Å². The molecule has 0 aliphatic carbocycles. The van der Waals surface area contributed by atoms with Gasteiger partial charge in [-0.1, -0.05) is 32.0 Å². The summed E-state index contributed by atoms with van der Waals surface area (Å²) in [4.78, 5) is 35.3. The van der Waals surface area contributed by atoms with Crippen LogP contribution in [0, 0.1) is 28.8 Å². The van der Waals surface area contributed by atoms with Crippen LogP contribution in [0.4, 0.5) is 15.8 Å². The molecule has 2 amide bonds. The van der Waals surface area contributed by atoms with Crippen LogP contribution in [0.2, 0.25) is 0 Å². The van der Waals surface area contributed by atoms with E-state index in [1.807, 2.05) is 19.9 Å². The first-order chi connectivity index (χ1) is 13.2. The number of anilines is 1. The number of benzene rings is 2. The first-order valence-corrected chi connectivity index (χ1v) is 8.80. The van der Waals surface area contributed by atoms with Gasteiger partial charge in [0.15, 0.2) is 0 Å². The highest BCUT2D eigenvalue weighted by molar-refractivity contribution is 6.01. The molecule has 1 atom stereocenters. The summed E-state index contributed by atoms with van der Waals surface area (Å²) in [6.45, 7) is 5.61. The van der Waals surface area contributed by atoms with Gasteiger partial charge in [0.25, 0.3) is 5.91 Å². The van der Waals surface area contributed by atoms with Crippen molar-refractivity contribution in [3.05, 3.63) is 69.5 Å². The minimum absolute atomic E-state index is 0.0806. The highest BCUT2D eigenvalue weighted by Crippen LogP contribution is 2.22. The third-order valence-electron chi connectivity index (χ3n) is 4.13. The number of hydrogen-bond acceptors (Lipinski definition) is 4. The molecule has 0 fully saturated rings. The fourth-order valence-electron chi connectivity index (χ4n) is 2.73. The Kier molecular flexibility index (Phi) is 6.81. The lowest BCUT2D eigenvalue weighted by molar-refractivity contribution is -0.387. The van der Waals surface area contributed by atoms with Gasteiger partial charge in [-0.25, -0.2) is 0 Å². The van der Waals surface area contributed by atoms with Gasteiger partial charge >= 0.3 is 5.69 Å². The third-order valence-corrected chi connectivity index (χ3v) is 4.13. The number of carbonyl (C=O) groups is 2. The van der Waals surface area contributed by atoms with Gasteiger partial charge in [-0.3, -0.25) is 19.7 Å². The summed E-state index contributed by atoms with van der Waals surface area (Å²) in [5.41, 5.74) is 0.582. The second kappa shape index (κ2) is 9.07. The van der Waals surface area contributed by atoms with Crippen molar-refractivity contribution in [3.8, 4) is 0 Å². The van der Waals surface area contributed by atoms with Gasteiger partial charge in [-0.15, -0.1) is 0 Å². The highest BCUT2D eigenvalue weighted by atomic mass is 19.1. The maximum absolute atomic E-state index is 13.5. The number of nitro benzene ring substituents is 1. The van der Waals surface area contributed by atoms with E-state index in [9.17, 15) is 24.1 Å². The van der Waals surface area contributed by atoms with Crippen LogP contribution >= 0.6 is 0 Å². The number of amides is 2. The molecule has 0 heterocycles. The van der Waals surface area contributed by atoms with Crippen LogP contribution in [0.15, 0.2) is 42.5 Å². The fourth-order valence-corrected chi connectivity index (χ4v) is 2.73. The molecule has 0 saturated heterocycles. The number of aryl methyl sites for hydroxylation is 1. The Morgan fingerprint density at radius 1 is 1.18 bits per heavy atom. The highest BCUT2D eigenvalue weighted by Gasteiger charge is 2.24. The molecule has 2 N–H and O–H groups in total. The minimum atomic E-state index is -0.991. The Bertz CT molecular complexity index is 899. The maximum atomic E-state index is 13.5. The number of nitrogens with one attached hydrogen (secondary N) is 2. The molecule has 0 radical (unpaired) electrons. The van der Waals surface area contributed by atoms with Crippen LogP contribution in [0.5, 0.6) is 0 Å². The van der Waals surface area contributed by atoms with Gasteiger partial charge < -0.3 is 10.6 Å². The van der Waals surface area contributed by atoms with Crippen LogP contribution in [0.25, 0.3) is 0 Å². The molecule has 2 rings (SSSR count). The molecule has 2 aromatic carbocycles. The summed E-state index contributed by atoms with van der Waals surface area (Å²) in [5.74, 6) is -1.80. The van der Waals surface area contributed by atoms with Crippen LogP contribution < -0.4 is 10.6 Å². The van der Waals surface area contributed by atoms with Gasteiger partial charge in [-0.2, -0.15) is 4.39 Å². The molecule has 0 aliphatic heterocycles.